The Bertz CT molecular complexity index is 297. The van der Waals surface area contributed by atoms with Crippen LogP contribution in [0.15, 0.2) is 22.8 Å². The Morgan fingerprint density at radius 2 is 2.43 bits per heavy atom. The van der Waals surface area contributed by atoms with Crippen LogP contribution in [0.3, 0.4) is 0 Å². The van der Waals surface area contributed by atoms with Gasteiger partial charge in [0.2, 0.25) is 0 Å². The molecule has 1 aromatic rings. The summed E-state index contributed by atoms with van der Waals surface area (Å²) >= 11 is 5.72. The highest BCUT2D eigenvalue weighted by atomic mass is 127. The van der Waals surface area contributed by atoms with Crippen molar-refractivity contribution in [3.63, 3.8) is 0 Å². The smallest absolute Gasteiger partial charge is 0.137 e. The summed E-state index contributed by atoms with van der Waals surface area (Å²) in [6.07, 6.45) is 3.03. The van der Waals surface area contributed by atoms with Gasteiger partial charge in [0.25, 0.3) is 0 Å². The number of rotatable bonds is 2. The molecule has 5 heteroatoms. The zero-order valence-electron chi connectivity index (χ0n) is 7.58. The average molecular weight is 368 g/mol. The highest BCUT2D eigenvalue weighted by Crippen LogP contribution is 2.23. The second-order valence-corrected chi connectivity index (χ2v) is 5.25. The van der Waals surface area contributed by atoms with Crippen molar-refractivity contribution in [3.8, 4) is 0 Å². The van der Waals surface area contributed by atoms with Crippen LogP contribution in [0.25, 0.3) is 0 Å². The summed E-state index contributed by atoms with van der Waals surface area (Å²) in [6, 6.07) is 4.63. The molecule has 0 amide bonds. The van der Waals surface area contributed by atoms with Crippen molar-refractivity contribution in [3.05, 3.63) is 22.8 Å². The van der Waals surface area contributed by atoms with E-state index in [4.69, 9.17) is 0 Å². The maximum Gasteiger partial charge on any atom is 0.137 e. The number of nitrogens with one attached hydrogen (secondary N) is 1. The third kappa shape index (κ3) is 2.38. The van der Waals surface area contributed by atoms with Crippen LogP contribution >= 0.6 is 38.8 Å². The summed E-state index contributed by atoms with van der Waals surface area (Å²) in [7, 11) is 0. The molecule has 1 fully saturated rings. The van der Waals surface area contributed by atoms with Gasteiger partial charge in [-0.15, -0.1) is 0 Å². The Morgan fingerprint density at radius 3 is 3.00 bits per heavy atom. The lowest BCUT2D eigenvalue weighted by atomic mass is 10.2. The second kappa shape index (κ2) is 4.76. The zero-order chi connectivity index (χ0) is 9.97. The Morgan fingerprint density at radius 1 is 1.57 bits per heavy atom. The lowest BCUT2D eigenvalue weighted by Gasteiger charge is -2.21. The normalized spacial score (nSPS) is 21.1. The monoisotopic (exact) mass is 367 g/mol. The van der Waals surface area contributed by atoms with Gasteiger partial charge in [-0.25, -0.2) is 4.98 Å². The minimum absolute atomic E-state index is 0.573. The van der Waals surface area contributed by atoms with Gasteiger partial charge in [0.1, 0.15) is 5.82 Å². The number of hydrogen-bond acceptors (Lipinski definition) is 3. The molecule has 14 heavy (non-hydrogen) atoms. The number of anilines is 1. The molecule has 0 saturated carbocycles. The first-order valence-electron chi connectivity index (χ1n) is 4.54. The molecule has 76 valence electrons. The number of pyridine rings is 1. The molecule has 1 saturated heterocycles. The van der Waals surface area contributed by atoms with Crippen LogP contribution in [0.5, 0.6) is 0 Å². The summed E-state index contributed by atoms with van der Waals surface area (Å²) in [4.78, 5) is 4.37. The topological polar surface area (TPSA) is 28.2 Å². The zero-order valence-corrected chi connectivity index (χ0v) is 11.3. The maximum atomic E-state index is 4.37. The molecule has 2 rings (SSSR count). The van der Waals surface area contributed by atoms with E-state index in [-0.39, 0.29) is 0 Å². The van der Waals surface area contributed by atoms with Gasteiger partial charge >= 0.3 is 0 Å². The van der Waals surface area contributed by atoms with Crippen molar-refractivity contribution in [1.82, 2.24) is 10.3 Å². The van der Waals surface area contributed by atoms with Crippen molar-refractivity contribution >= 4 is 44.6 Å². The van der Waals surface area contributed by atoms with Crippen molar-refractivity contribution in [2.45, 2.75) is 12.5 Å². The van der Waals surface area contributed by atoms with E-state index in [2.05, 4.69) is 52.2 Å². The minimum Gasteiger partial charge on any atom is -0.315 e. The van der Waals surface area contributed by atoms with Crippen LogP contribution in [0.1, 0.15) is 6.42 Å². The molecule has 3 nitrogen and oxygen atoms in total. The largest absolute Gasteiger partial charge is 0.315 e. The molecule has 2 heterocycles. The van der Waals surface area contributed by atoms with Crippen molar-refractivity contribution < 1.29 is 0 Å². The fraction of sp³-hybridized carbons (Fsp3) is 0.444. The van der Waals surface area contributed by atoms with Crippen LogP contribution in [0, 0.1) is 0 Å². The number of halogens is 2. The molecule has 0 radical (unpaired) electrons. The average Bonchev–Trinajstić information content (AvgIpc) is 2.71. The predicted molar refractivity (Wildman–Crippen MR) is 69.7 cm³/mol. The molecule has 1 aliphatic heterocycles. The quantitative estimate of drug-likeness (QED) is 0.642. The summed E-state index contributed by atoms with van der Waals surface area (Å²) in [6.45, 7) is 2.17. The Balaban J connectivity index is 2.09. The molecule has 1 aromatic heterocycles. The highest BCUT2D eigenvalue weighted by Gasteiger charge is 2.21. The summed E-state index contributed by atoms with van der Waals surface area (Å²) in [5.41, 5.74) is 0. The Hall–Kier alpha value is 0.120. The maximum absolute atomic E-state index is 4.37. The first-order valence-corrected chi connectivity index (χ1v) is 6.30. The Kier molecular flexibility index (Phi) is 3.62. The van der Waals surface area contributed by atoms with Gasteiger partial charge in [-0.3, -0.25) is 3.11 Å². The van der Waals surface area contributed by atoms with Crippen LogP contribution in [0.2, 0.25) is 0 Å². The van der Waals surface area contributed by atoms with Gasteiger partial charge in [0.05, 0.1) is 28.9 Å². The van der Waals surface area contributed by atoms with Gasteiger partial charge in [-0.1, -0.05) is 0 Å². The van der Waals surface area contributed by atoms with E-state index in [1.165, 1.54) is 6.42 Å². The van der Waals surface area contributed by atoms with Gasteiger partial charge in [-0.05, 0) is 41.0 Å². The van der Waals surface area contributed by atoms with Gasteiger partial charge in [0, 0.05) is 17.2 Å². The number of aromatic nitrogens is 1. The van der Waals surface area contributed by atoms with E-state index < -0.39 is 0 Å². The SMILES string of the molecule is Brc1ccc(N(I)C2CCNC2)nc1. The lowest BCUT2D eigenvalue weighted by Crippen LogP contribution is -2.28. The first kappa shape index (κ1) is 10.6. The molecule has 0 aliphatic carbocycles. The molecule has 1 N–H and O–H groups in total. The molecule has 0 spiro atoms. The summed E-state index contributed by atoms with van der Waals surface area (Å²) < 4.78 is 3.24. The molecule has 1 atom stereocenters. The third-order valence-electron chi connectivity index (χ3n) is 2.29. The molecular weight excluding hydrogens is 357 g/mol. The molecule has 0 bridgehead atoms. The summed E-state index contributed by atoms with van der Waals surface area (Å²) in [5.74, 6) is 1.03. The van der Waals surface area contributed by atoms with Gasteiger partial charge < -0.3 is 5.32 Å². The van der Waals surface area contributed by atoms with Crippen LogP contribution in [-0.2, 0) is 0 Å². The van der Waals surface area contributed by atoms with E-state index in [1.807, 2.05) is 18.3 Å². The van der Waals surface area contributed by atoms with Crippen molar-refractivity contribution in [1.29, 1.82) is 0 Å². The highest BCUT2D eigenvalue weighted by molar-refractivity contribution is 14.1. The fourth-order valence-corrected chi connectivity index (χ4v) is 2.51. The van der Waals surface area contributed by atoms with E-state index >= 15 is 0 Å². The van der Waals surface area contributed by atoms with Crippen LogP contribution in [-0.4, -0.2) is 24.1 Å². The van der Waals surface area contributed by atoms with E-state index in [9.17, 15) is 0 Å². The van der Waals surface area contributed by atoms with E-state index in [1.54, 1.807) is 0 Å². The van der Waals surface area contributed by atoms with Crippen LogP contribution in [0.4, 0.5) is 5.82 Å². The standard InChI is InChI=1S/C9H11BrIN3/c10-7-1-2-9(13-5-7)14(11)8-3-4-12-6-8/h1-2,5,8,12H,3-4,6H2. The number of nitrogens with zero attached hydrogens (tertiary/aromatic N) is 2. The van der Waals surface area contributed by atoms with Crippen molar-refractivity contribution in [2.24, 2.45) is 0 Å². The summed E-state index contributed by atoms with van der Waals surface area (Å²) in [5, 5.41) is 3.35. The molecular formula is C9H11BrIN3. The van der Waals surface area contributed by atoms with Gasteiger partial charge in [-0.2, -0.15) is 0 Å². The number of hydrogen-bond donors (Lipinski definition) is 1. The second-order valence-electron chi connectivity index (χ2n) is 3.29. The lowest BCUT2D eigenvalue weighted by molar-refractivity contribution is 0.754. The van der Waals surface area contributed by atoms with Gasteiger partial charge in [0.15, 0.2) is 0 Å². The molecule has 1 unspecified atom stereocenters. The molecule has 1 aliphatic rings. The van der Waals surface area contributed by atoms with Crippen LogP contribution < -0.4 is 8.43 Å². The fourth-order valence-electron chi connectivity index (χ4n) is 1.51. The van der Waals surface area contributed by atoms with E-state index in [0.717, 1.165) is 23.4 Å². The molecule has 0 aromatic carbocycles. The predicted octanol–water partition coefficient (Wildman–Crippen LogP) is 2.36. The first-order chi connectivity index (χ1) is 6.77. The van der Waals surface area contributed by atoms with Crippen molar-refractivity contribution in [2.75, 3.05) is 16.2 Å². The Labute approximate surface area is 106 Å². The van der Waals surface area contributed by atoms with E-state index in [0.29, 0.717) is 6.04 Å². The third-order valence-corrected chi connectivity index (χ3v) is 4.04. The minimum atomic E-state index is 0.573.